The average Bonchev–Trinajstić information content (AvgIpc) is 2.70. The first-order valence-corrected chi connectivity index (χ1v) is 5.39. The van der Waals surface area contributed by atoms with Crippen LogP contribution in [0.5, 0.6) is 0 Å². The summed E-state index contributed by atoms with van der Waals surface area (Å²) in [6.07, 6.45) is 0. The fourth-order valence-electron chi connectivity index (χ4n) is 1.58. The number of ether oxygens (including phenoxy) is 1. The maximum atomic E-state index is 11.4. The largest absolute Gasteiger partial charge is 0.465 e. The van der Waals surface area contributed by atoms with Gasteiger partial charge in [-0.05, 0) is 25.1 Å². The lowest BCUT2D eigenvalue weighted by Crippen LogP contribution is -2.00. The Morgan fingerprint density at radius 1 is 1.31 bits per heavy atom. The number of hydrogen-bond acceptors (Lipinski definition) is 2. The number of methoxy groups -OCH3 is 1. The molecule has 0 radical (unpaired) electrons. The van der Waals surface area contributed by atoms with Gasteiger partial charge in [-0.15, -0.1) is 0 Å². The molecule has 86 valence electrons. The second-order valence-electron chi connectivity index (χ2n) is 3.21. The van der Waals surface area contributed by atoms with Crippen molar-refractivity contribution in [2.75, 3.05) is 7.11 Å². The molecule has 0 saturated heterocycles. The number of H-pyrrole nitrogens is 1. The first-order valence-electron chi connectivity index (χ1n) is 5.39. The fourth-order valence-corrected chi connectivity index (χ4v) is 1.58. The standard InChI is InChI=1S/C11H11NO2.C2H6/c1-7-6-9-8(11(13)14-2)4-3-5-10(9)12-7;1-2/h3-6,12H,1-2H3;1-2H3. The third-order valence-corrected chi connectivity index (χ3v) is 2.20. The van der Waals surface area contributed by atoms with E-state index in [4.69, 9.17) is 4.74 Å². The number of carbonyl (C=O) groups is 1. The van der Waals surface area contributed by atoms with Crippen molar-refractivity contribution in [3.63, 3.8) is 0 Å². The van der Waals surface area contributed by atoms with Crippen LogP contribution in [0.3, 0.4) is 0 Å². The lowest BCUT2D eigenvalue weighted by molar-refractivity contribution is 0.0603. The summed E-state index contributed by atoms with van der Waals surface area (Å²) < 4.78 is 4.70. The van der Waals surface area contributed by atoms with Crippen molar-refractivity contribution in [3.8, 4) is 0 Å². The van der Waals surface area contributed by atoms with E-state index in [1.807, 2.05) is 39.0 Å². The normalized spacial score (nSPS) is 9.50. The quantitative estimate of drug-likeness (QED) is 0.748. The molecule has 0 aliphatic carbocycles. The molecule has 1 aromatic heterocycles. The van der Waals surface area contributed by atoms with E-state index < -0.39 is 0 Å². The molecule has 1 aromatic carbocycles. The van der Waals surface area contributed by atoms with Crippen molar-refractivity contribution in [1.29, 1.82) is 0 Å². The van der Waals surface area contributed by atoms with E-state index in [-0.39, 0.29) is 5.97 Å². The van der Waals surface area contributed by atoms with Gasteiger partial charge < -0.3 is 9.72 Å². The molecule has 0 aliphatic rings. The van der Waals surface area contributed by atoms with Crippen LogP contribution in [-0.2, 0) is 4.74 Å². The number of fused-ring (bicyclic) bond motifs is 1. The molecule has 1 N–H and O–H groups in total. The van der Waals surface area contributed by atoms with Crippen LogP contribution >= 0.6 is 0 Å². The average molecular weight is 219 g/mol. The Balaban J connectivity index is 0.000000606. The third kappa shape index (κ3) is 2.24. The van der Waals surface area contributed by atoms with Gasteiger partial charge in [-0.25, -0.2) is 4.79 Å². The van der Waals surface area contributed by atoms with Crippen LogP contribution in [0.2, 0.25) is 0 Å². The topological polar surface area (TPSA) is 42.1 Å². The van der Waals surface area contributed by atoms with Gasteiger partial charge in [0, 0.05) is 16.6 Å². The van der Waals surface area contributed by atoms with Crippen molar-refractivity contribution >= 4 is 16.9 Å². The minimum atomic E-state index is -0.297. The van der Waals surface area contributed by atoms with Gasteiger partial charge >= 0.3 is 5.97 Å². The molecule has 0 bridgehead atoms. The Labute approximate surface area is 95.4 Å². The number of aromatic amines is 1. The molecule has 3 heteroatoms. The number of rotatable bonds is 1. The summed E-state index contributed by atoms with van der Waals surface area (Å²) in [6, 6.07) is 7.49. The highest BCUT2D eigenvalue weighted by Crippen LogP contribution is 2.20. The number of aryl methyl sites for hydroxylation is 1. The molecule has 0 fully saturated rings. The monoisotopic (exact) mass is 219 g/mol. The number of nitrogens with one attached hydrogen (secondary N) is 1. The van der Waals surface area contributed by atoms with E-state index >= 15 is 0 Å². The van der Waals surface area contributed by atoms with E-state index in [2.05, 4.69) is 4.98 Å². The van der Waals surface area contributed by atoms with E-state index in [1.54, 1.807) is 6.07 Å². The van der Waals surface area contributed by atoms with Crippen molar-refractivity contribution in [2.24, 2.45) is 0 Å². The Bertz CT molecular complexity index is 486. The van der Waals surface area contributed by atoms with Gasteiger partial charge in [-0.3, -0.25) is 0 Å². The molecule has 0 aliphatic heterocycles. The molecule has 2 aromatic rings. The Morgan fingerprint density at radius 2 is 2.00 bits per heavy atom. The second kappa shape index (κ2) is 5.35. The van der Waals surface area contributed by atoms with Crippen LogP contribution < -0.4 is 0 Å². The Kier molecular flexibility index (Phi) is 4.11. The summed E-state index contributed by atoms with van der Waals surface area (Å²) in [5.74, 6) is -0.297. The Morgan fingerprint density at radius 3 is 2.62 bits per heavy atom. The minimum Gasteiger partial charge on any atom is -0.465 e. The molecule has 1 heterocycles. The minimum absolute atomic E-state index is 0.297. The number of carbonyl (C=O) groups excluding carboxylic acids is 1. The maximum absolute atomic E-state index is 11.4. The summed E-state index contributed by atoms with van der Waals surface area (Å²) >= 11 is 0. The van der Waals surface area contributed by atoms with Gasteiger partial charge in [0.05, 0.1) is 12.7 Å². The summed E-state index contributed by atoms with van der Waals surface area (Å²) in [5, 5.41) is 0.914. The smallest absolute Gasteiger partial charge is 0.338 e. The third-order valence-electron chi connectivity index (χ3n) is 2.20. The second-order valence-corrected chi connectivity index (χ2v) is 3.21. The number of aromatic nitrogens is 1. The molecular weight excluding hydrogens is 202 g/mol. The molecule has 0 unspecified atom stereocenters. The molecule has 16 heavy (non-hydrogen) atoms. The van der Waals surface area contributed by atoms with Gasteiger partial charge in [0.25, 0.3) is 0 Å². The highest BCUT2D eigenvalue weighted by atomic mass is 16.5. The number of benzene rings is 1. The predicted molar refractivity (Wildman–Crippen MR) is 65.7 cm³/mol. The van der Waals surface area contributed by atoms with Crippen LogP contribution in [0.1, 0.15) is 29.9 Å². The van der Waals surface area contributed by atoms with Crippen LogP contribution in [0.15, 0.2) is 24.3 Å². The first-order chi connectivity index (χ1) is 7.72. The zero-order valence-electron chi connectivity index (χ0n) is 10.1. The summed E-state index contributed by atoms with van der Waals surface area (Å²) in [5.41, 5.74) is 2.61. The summed E-state index contributed by atoms with van der Waals surface area (Å²) in [4.78, 5) is 14.6. The SMILES string of the molecule is CC.COC(=O)c1cccc2[nH]c(C)cc12. The number of esters is 1. The van der Waals surface area contributed by atoms with Gasteiger partial charge in [0.15, 0.2) is 0 Å². The van der Waals surface area contributed by atoms with Crippen molar-refractivity contribution in [1.82, 2.24) is 4.98 Å². The zero-order chi connectivity index (χ0) is 12.1. The molecule has 0 spiro atoms. The van der Waals surface area contributed by atoms with Gasteiger partial charge in [0.1, 0.15) is 0 Å². The molecule has 0 amide bonds. The van der Waals surface area contributed by atoms with Crippen LogP contribution in [0, 0.1) is 6.92 Å². The first kappa shape index (κ1) is 12.3. The van der Waals surface area contributed by atoms with Crippen LogP contribution in [0.25, 0.3) is 10.9 Å². The lowest BCUT2D eigenvalue weighted by Gasteiger charge is -1.99. The van der Waals surface area contributed by atoms with E-state index in [1.165, 1.54) is 7.11 Å². The highest BCUT2D eigenvalue weighted by Gasteiger charge is 2.10. The molecular formula is C13H17NO2. The molecule has 0 atom stereocenters. The lowest BCUT2D eigenvalue weighted by atomic mass is 10.1. The molecule has 3 nitrogen and oxygen atoms in total. The van der Waals surface area contributed by atoms with E-state index in [9.17, 15) is 4.79 Å². The van der Waals surface area contributed by atoms with Crippen molar-refractivity contribution in [3.05, 3.63) is 35.5 Å². The van der Waals surface area contributed by atoms with Gasteiger partial charge in [-0.1, -0.05) is 19.9 Å². The van der Waals surface area contributed by atoms with E-state index in [0.29, 0.717) is 5.56 Å². The summed E-state index contributed by atoms with van der Waals surface area (Å²) in [6.45, 7) is 5.96. The van der Waals surface area contributed by atoms with Crippen molar-refractivity contribution < 1.29 is 9.53 Å². The van der Waals surface area contributed by atoms with Crippen molar-refractivity contribution in [2.45, 2.75) is 20.8 Å². The highest BCUT2D eigenvalue weighted by molar-refractivity contribution is 6.03. The summed E-state index contributed by atoms with van der Waals surface area (Å²) in [7, 11) is 1.39. The predicted octanol–water partition coefficient (Wildman–Crippen LogP) is 3.29. The molecule has 0 saturated carbocycles. The van der Waals surface area contributed by atoms with Crippen LogP contribution in [-0.4, -0.2) is 18.1 Å². The van der Waals surface area contributed by atoms with Gasteiger partial charge in [-0.2, -0.15) is 0 Å². The van der Waals surface area contributed by atoms with Gasteiger partial charge in [0.2, 0.25) is 0 Å². The number of hydrogen-bond donors (Lipinski definition) is 1. The Hall–Kier alpha value is -1.77. The maximum Gasteiger partial charge on any atom is 0.338 e. The zero-order valence-corrected chi connectivity index (χ0v) is 10.1. The van der Waals surface area contributed by atoms with Crippen LogP contribution in [0.4, 0.5) is 0 Å². The fraction of sp³-hybridized carbons (Fsp3) is 0.308. The molecule has 2 rings (SSSR count). The van der Waals surface area contributed by atoms with E-state index in [0.717, 1.165) is 16.6 Å².